The maximum Gasteiger partial charge on any atom is 0.271 e. The molecule has 0 fully saturated rings. The van der Waals surface area contributed by atoms with Crippen LogP contribution in [0.3, 0.4) is 0 Å². The fraction of sp³-hybridized carbons (Fsp3) is 0. The fourth-order valence-corrected chi connectivity index (χ4v) is 1.15. The van der Waals surface area contributed by atoms with Gasteiger partial charge in [0.15, 0.2) is 0 Å². The maximum absolute atomic E-state index is 11.2. The van der Waals surface area contributed by atoms with Gasteiger partial charge in [-0.1, -0.05) is 0 Å². The highest BCUT2D eigenvalue weighted by atomic mass is 16.1. The Hall–Kier alpha value is -1.97. The molecule has 0 aliphatic heterocycles. The lowest BCUT2D eigenvalue weighted by atomic mass is 10.3. The van der Waals surface area contributed by atoms with Crippen LogP contribution in [0.15, 0.2) is 41.3 Å². The summed E-state index contributed by atoms with van der Waals surface area (Å²) in [6.45, 7) is 0. The Morgan fingerprint density at radius 3 is 2.38 bits per heavy atom. The van der Waals surface area contributed by atoms with E-state index in [-0.39, 0.29) is 5.56 Å². The van der Waals surface area contributed by atoms with Crippen molar-refractivity contribution >= 4 is 5.69 Å². The van der Waals surface area contributed by atoms with Gasteiger partial charge < -0.3 is 5.73 Å². The molecular formula is C9H9N3O. The summed E-state index contributed by atoms with van der Waals surface area (Å²) in [7, 11) is 0. The Bertz CT molecular complexity index is 452. The number of anilines is 1. The first-order chi connectivity index (χ1) is 6.27. The largest absolute Gasteiger partial charge is 0.399 e. The standard InChI is InChI=1S/C9H9N3O/c10-7-1-3-8(4-2-7)12-9(13)5-6-11-12/h1-6,11H,10H2. The van der Waals surface area contributed by atoms with Crippen LogP contribution in [0.2, 0.25) is 0 Å². The molecule has 0 aliphatic carbocycles. The van der Waals surface area contributed by atoms with Crippen LogP contribution in [0, 0.1) is 0 Å². The van der Waals surface area contributed by atoms with E-state index in [1.807, 2.05) is 0 Å². The number of nitrogens with one attached hydrogen (secondary N) is 1. The van der Waals surface area contributed by atoms with Crippen LogP contribution in [0.5, 0.6) is 0 Å². The van der Waals surface area contributed by atoms with Crippen LogP contribution in [-0.4, -0.2) is 9.78 Å². The predicted octanol–water partition coefficient (Wildman–Crippen LogP) is 0.748. The number of aromatic amines is 1. The van der Waals surface area contributed by atoms with Gasteiger partial charge in [-0.25, -0.2) is 4.68 Å². The summed E-state index contributed by atoms with van der Waals surface area (Å²) in [4.78, 5) is 11.2. The molecule has 13 heavy (non-hydrogen) atoms. The van der Waals surface area contributed by atoms with Crippen molar-refractivity contribution in [2.75, 3.05) is 5.73 Å². The second-order valence-corrected chi connectivity index (χ2v) is 2.73. The van der Waals surface area contributed by atoms with E-state index in [0.29, 0.717) is 5.69 Å². The molecule has 0 spiro atoms. The molecule has 1 aromatic carbocycles. The number of hydrogen-bond acceptors (Lipinski definition) is 2. The molecule has 2 aromatic rings. The monoisotopic (exact) mass is 175 g/mol. The zero-order valence-corrected chi connectivity index (χ0v) is 6.90. The van der Waals surface area contributed by atoms with Gasteiger partial charge in [0.1, 0.15) is 0 Å². The van der Waals surface area contributed by atoms with E-state index in [1.54, 1.807) is 30.5 Å². The van der Waals surface area contributed by atoms with E-state index in [9.17, 15) is 4.79 Å². The van der Waals surface area contributed by atoms with E-state index < -0.39 is 0 Å². The lowest BCUT2D eigenvalue weighted by Gasteiger charge is -2.00. The number of rotatable bonds is 1. The van der Waals surface area contributed by atoms with E-state index in [1.165, 1.54) is 10.7 Å². The predicted molar refractivity (Wildman–Crippen MR) is 50.8 cm³/mol. The van der Waals surface area contributed by atoms with E-state index in [2.05, 4.69) is 5.10 Å². The SMILES string of the molecule is Nc1ccc(-n2[nH]ccc2=O)cc1. The van der Waals surface area contributed by atoms with Crippen LogP contribution in [-0.2, 0) is 0 Å². The van der Waals surface area contributed by atoms with Crippen molar-refractivity contribution in [2.45, 2.75) is 0 Å². The molecule has 0 atom stereocenters. The van der Waals surface area contributed by atoms with Gasteiger partial charge in [-0.2, -0.15) is 0 Å². The molecule has 0 bridgehead atoms. The Morgan fingerprint density at radius 1 is 1.15 bits per heavy atom. The van der Waals surface area contributed by atoms with Crippen molar-refractivity contribution in [3.8, 4) is 5.69 Å². The molecule has 0 saturated carbocycles. The number of benzene rings is 1. The molecule has 0 aliphatic rings. The second-order valence-electron chi connectivity index (χ2n) is 2.73. The summed E-state index contributed by atoms with van der Waals surface area (Å²) in [6.07, 6.45) is 1.60. The summed E-state index contributed by atoms with van der Waals surface area (Å²) in [6, 6.07) is 8.54. The zero-order chi connectivity index (χ0) is 9.26. The first kappa shape index (κ1) is 7.67. The Morgan fingerprint density at radius 2 is 1.85 bits per heavy atom. The average molecular weight is 175 g/mol. The van der Waals surface area contributed by atoms with Gasteiger partial charge >= 0.3 is 0 Å². The minimum atomic E-state index is -0.0789. The van der Waals surface area contributed by atoms with Crippen molar-refractivity contribution in [1.29, 1.82) is 0 Å². The van der Waals surface area contributed by atoms with E-state index in [4.69, 9.17) is 5.73 Å². The van der Waals surface area contributed by atoms with Crippen molar-refractivity contribution < 1.29 is 0 Å². The summed E-state index contributed by atoms with van der Waals surface area (Å²) in [5, 5.41) is 2.80. The van der Waals surface area contributed by atoms with Crippen LogP contribution < -0.4 is 11.3 Å². The van der Waals surface area contributed by atoms with Crippen molar-refractivity contribution in [1.82, 2.24) is 9.78 Å². The van der Waals surface area contributed by atoms with Gasteiger partial charge in [-0.05, 0) is 24.3 Å². The molecule has 0 radical (unpaired) electrons. The van der Waals surface area contributed by atoms with Gasteiger partial charge in [0, 0.05) is 18.0 Å². The van der Waals surface area contributed by atoms with Gasteiger partial charge in [0.2, 0.25) is 0 Å². The van der Waals surface area contributed by atoms with Crippen molar-refractivity contribution in [2.24, 2.45) is 0 Å². The Kier molecular flexibility index (Phi) is 1.66. The maximum atomic E-state index is 11.2. The van der Waals surface area contributed by atoms with Gasteiger partial charge in [-0.15, -0.1) is 0 Å². The number of aromatic nitrogens is 2. The minimum absolute atomic E-state index is 0.0789. The highest BCUT2D eigenvalue weighted by Crippen LogP contribution is 2.07. The van der Waals surface area contributed by atoms with Crippen molar-refractivity contribution in [3.63, 3.8) is 0 Å². The highest BCUT2D eigenvalue weighted by Gasteiger charge is 1.97. The number of hydrogen-bond donors (Lipinski definition) is 2. The number of nitrogens with zero attached hydrogens (tertiary/aromatic N) is 1. The molecule has 1 heterocycles. The topological polar surface area (TPSA) is 63.8 Å². The third-order valence-corrected chi connectivity index (χ3v) is 1.80. The molecule has 0 saturated heterocycles. The smallest absolute Gasteiger partial charge is 0.271 e. The molecule has 4 nitrogen and oxygen atoms in total. The average Bonchev–Trinajstić information content (AvgIpc) is 2.53. The quantitative estimate of drug-likeness (QED) is 0.628. The molecule has 3 N–H and O–H groups in total. The lowest BCUT2D eigenvalue weighted by molar-refractivity contribution is 0.849. The summed E-state index contributed by atoms with van der Waals surface area (Å²) < 4.78 is 1.44. The zero-order valence-electron chi connectivity index (χ0n) is 6.90. The minimum Gasteiger partial charge on any atom is -0.399 e. The van der Waals surface area contributed by atoms with E-state index >= 15 is 0 Å². The second kappa shape index (κ2) is 2.82. The Labute approximate surface area is 74.6 Å². The van der Waals surface area contributed by atoms with Crippen molar-refractivity contribution in [3.05, 3.63) is 46.9 Å². The molecule has 0 amide bonds. The molecule has 0 unspecified atom stereocenters. The van der Waals surface area contributed by atoms with Crippen LogP contribution in [0.4, 0.5) is 5.69 Å². The Balaban J connectivity index is 2.54. The number of nitrogen functional groups attached to an aromatic ring is 1. The van der Waals surface area contributed by atoms with E-state index in [0.717, 1.165) is 5.69 Å². The highest BCUT2D eigenvalue weighted by molar-refractivity contribution is 5.44. The van der Waals surface area contributed by atoms with Gasteiger partial charge in [0.25, 0.3) is 5.56 Å². The fourth-order valence-electron chi connectivity index (χ4n) is 1.15. The molecule has 1 aromatic heterocycles. The summed E-state index contributed by atoms with van der Waals surface area (Å²) in [5.74, 6) is 0. The first-order valence-corrected chi connectivity index (χ1v) is 3.90. The van der Waals surface area contributed by atoms with Crippen LogP contribution in [0.1, 0.15) is 0 Å². The number of nitrogens with two attached hydrogens (primary N) is 1. The van der Waals surface area contributed by atoms with Gasteiger partial charge in [0.05, 0.1) is 5.69 Å². The normalized spacial score (nSPS) is 10.2. The third kappa shape index (κ3) is 1.33. The summed E-state index contributed by atoms with van der Waals surface area (Å²) >= 11 is 0. The number of H-pyrrole nitrogens is 1. The molecule has 4 heteroatoms. The van der Waals surface area contributed by atoms with Crippen LogP contribution in [0.25, 0.3) is 5.69 Å². The molecule has 66 valence electrons. The first-order valence-electron chi connectivity index (χ1n) is 3.90. The van der Waals surface area contributed by atoms with Crippen LogP contribution >= 0.6 is 0 Å². The van der Waals surface area contributed by atoms with Gasteiger partial charge in [-0.3, -0.25) is 9.89 Å². The molecule has 2 rings (SSSR count). The lowest BCUT2D eigenvalue weighted by Crippen LogP contribution is -2.13. The summed E-state index contributed by atoms with van der Waals surface area (Å²) in [5.41, 5.74) is 6.91. The third-order valence-electron chi connectivity index (χ3n) is 1.80. The molecular weight excluding hydrogens is 166 g/mol.